The molecular formula is C15H17N5O5S. The number of rotatable bonds is 7. The lowest BCUT2D eigenvalue weighted by molar-refractivity contribution is -0.392. The lowest BCUT2D eigenvalue weighted by Crippen LogP contribution is -2.27. The molecule has 1 aliphatic carbocycles. The molecule has 0 spiro atoms. The third-order valence-electron chi connectivity index (χ3n) is 3.82. The predicted molar refractivity (Wildman–Crippen MR) is 92.3 cm³/mol. The van der Waals surface area contributed by atoms with Crippen molar-refractivity contribution in [3.05, 3.63) is 46.1 Å². The fourth-order valence-electron chi connectivity index (χ4n) is 2.33. The van der Waals surface area contributed by atoms with E-state index in [-0.39, 0.29) is 23.8 Å². The molecule has 2 aromatic rings. The van der Waals surface area contributed by atoms with Crippen LogP contribution in [0.4, 0.5) is 11.5 Å². The molecule has 11 heteroatoms. The standard InChI is InChI=1S/C15H17N5O5S/c1-2-19-9-13(14(17-19)20(22)23)26(24,25)18-12-6-4-3-5-11(12)15(21)16-10-7-8-10/h3-6,9-10,18H,2,7-8H2,1H3,(H,16,21). The number of sulfonamides is 1. The summed E-state index contributed by atoms with van der Waals surface area (Å²) < 4.78 is 28.8. The van der Waals surface area contributed by atoms with Crippen LogP contribution in [0, 0.1) is 10.1 Å². The van der Waals surface area contributed by atoms with Crippen molar-refractivity contribution >= 4 is 27.4 Å². The highest BCUT2D eigenvalue weighted by molar-refractivity contribution is 7.92. The zero-order chi connectivity index (χ0) is 18.9. The topological polar surface area (TPSA) is 136 Å². The Kier molecular flexibility index (Phi) is 4.64. The number of amides is 1. The van der Waals surface area contributed by atoms with Crippen molar-refractivity contribution in [1.29, 1.82) is 0 Å². The molecule has 1 aromatic heterocycles. The van der Waals surface area contributed by atoms with Gasteiger partial charge in [0.1, 0.15) is 0 Å². The third-order valence-corrected chi connectivity index (χ3v) is 5.18. The largest absolute Gasteiger partial charge is 0.410 e. The summed E-state index contributed by atoms with van der Waals surface area (Å²) in [4.78, 5) is 22.0. The van der Waals surface area contributed by atoms with Gasteiger partial charge in [0.05, 0.1) is 29.1 Å². The summed E-state index contributed by atoms with van der Waals surface area (Å²) in [5.41, 5.74) is 0.192. The number of nitrogens with zero attached hydrogens (tertiary/aromatic N) is 3. The van der Waals surface area contributed by atoms with E-state index >= 15 is 0 Å². The summed E-state index contributed by atoms with van der Waals surface area (Å²) in [6, 6.07) is 6.19. The molecule has 26 heavy (non-hydrogen) atoms. The fraction of sp³-hybridized carbons (Fsp3) is 0.333. The first kappa shape index (κ1) is 17.9. The second-order valence-corrected chi connectivity index (χ2v) is 7.48. The van der Waals surface area contributed by atoms with Gasteiger partial charge in [0.2, 0.25) is 4.90 Å². The van der Waals surface area contributed by atoms with Crippen molar-refractivity contribution in [1.82, 2.24) is 15.1 Å². The first-order chi connectivity index (χ1) is 12.3. The van der Waals surface area contributed by atoms with E-state index in [9.17, 15) is 23.3 Å². The van der Waals surface area contributed by atoms with Crippen LogP contribution in [-0.2, 0) is 16.6 Å². The minimum absolute atomic E-state index is 0.0456. The number of carbonyl (C=O) groups excluding carboxylic acids is 1. The van der Waals surface area contributed by atoms with Gasteiger partial charge in [-0.2, -0.15) is 4.68 Å². The molecule has 0 saturated heterocycles. The summed E-state index contributed by atoms with van der Waals surface area (Å²) in [5.74, 6) is -1.16. The highest BCUT2D eigenvalue weighted by Gasteiger charge is 2.32. The quantitative estimate of drug-likeness (QED) is 0.553. The third kappa shape index (κ3) is 3.67. The van der Waals surface area contributed by atoms with E-state index < -0.39 is 31.6 Å². The van der Waals surface area contributed by atoms with Crippen molar-refractivity contribution in [2.24, 2.45) is 0 Å². The summed E-state index contributed by atoms with van der Waals surface area (Å²) in [5, 5.41) is 17.6. The van der Waals surface area contributed by atoms with E-state index in [1.807, 2.05) is 0 Å². The fourth-order valence-corrected chi connectivity index (χ4v) is 3.53. The number of benzene rings is 1. The summed E-state index contributed by atoms with van der Waals surface area (Å²) in [6.07, 6.45) is 2.87. The van der Waals surface area contributed by atoms with Gasteiger partial charge in [-0.05, 0) is 36.8 Å². The van der Waals surface area contributed by atoms with E-state index in [1.54, 1.807) is 19.1 Å². The van der Waals surface area contributed by atoms with Crippen molar-refractivity contribution in [2.45, 2.75) is 37.2 Å². The zero-order valence-corrected chi connectivity index (χ0v) is 14.7. The summed E-state index contributed by atoms with van der Waals surface area (Å²) in [6.45, 7) is 1.95. The normalized spacial score (nSPS) is 14.0. The molecule has 0 unspecified atom stereocenters. The maximum atomic E-state index is 12.7. The maximum absolute atomic E-state index is 12.7. The molecule has 1 saturated carbocycles. The Labute approximate surface area is 149 Å². The number of nitro groups is 1. The molecule has 1 aromatic carbocycles. The van der Waals surface area contributed by atoms with Gasteiger partial charge in [0.15, 0.2) is 0 Å². The number of hydrogen-bond donors (Lipinski definition) is 2. The van der Waals surface area contributed by atoms with E-state index in [0.29, 0.717) is 0 Å². The number of anilines is 1. The van der Waals surface area contributed by atoms with Gasteiger partial charge >= 0.3 is 5.82 Å². The number of hydrogen-bond acceptors (Lipinski definition) is 6. The molecule has 3 rings (SSSR count). The first-order valence-corrected chi connectivity index (χ1v) is 9.44. The molecule has 1 fully saturated rings. The summed E-state index contributed by atoms with van der Waals surface area (Å²) >= 11 is 0. The van der Waals surface area contributed by atoms with Crippen LogP contribution in [0.2, 0.25) is 0 Å². The Balaban J connectivity index is 1.94. The van der Waals surface area contributed by atoms with Gasteiger partial charge in [0, 0.05) is 6.04 Å². The van der Waals surface area contributed by atoms with Crippen LogP contribution in [0.3, 0.4) is 0 Å². The second kappa shape index (κ2) is 6.75. The van der Waals surface area contributed by atoms with Crippen LogP contribution < -0.4 is 10.0 Å². The highest BCUT2D eigenvalue weighted by atomic mass is 32.2. The molecule has 138 valence electrons. The number of nitrogens with one attached hydrogen (secondary N) is 2. The molecule has 0 aliphatic heterocycles. The second-order valence-electron chi connectivity index (χ2n) is 5.83. The van der Waals surface area contributed by atoms with Gasteiger partial charge in [-0.1, -0.05) is 12.1 Å². The van der Waals surface area contributed by atoms with E-state index in [0.717, 1.165) is 19.0 Å². The number of para-hydroxylation sites is 1. The van der Waals surface area contributed by atoms with Gasteiger partial charge in [-0.15, -0.1) is 0 Å². The van der Waals surface area contributed by atoms with Crippen LogP contribution in [0.15, 0.2) is 35.4 Å². The van der Waals surface area contributed by atoms with E-state index in [1.165, 1.54) is 16.8 Å². The van der Waals surface area contributed by atoms with Crippen molar-refractivity contribution in [2.75, 3.05) is 4.72 Å². The van der Waals surface area contributed by atoms with E-state index in [2.05, 4.69) is 15.1 Å². The summed E-state index contributed by atoms with van der Waals surface area (Å²) in [7, 11) is -4.30. The van der Waals surface area contributed by atoms with Crippen molar-refractivity contribution in [3.8, 4) is 0 Å². The minimum atomic E-state index is -4.30. The lowest BCUT2D eigenvalue weighted by atomic mass is 10.1. The molecular weight excluding hydrogens is 362 g/mol. The maximum Gasteiger partial charge on any atom is 0.410 e. The first-order valence-electron chi connectivity index (χ1n) is 7.96. The van der Waals surface area contributed by atoms with Gasteiger partial charge in [0.25, 0.3) is 15.9 Å². The minimum Gasteiger partial charge on any atom is -0.358 e. The van der Waals surface area contributed by atoms with Crippen LogP contribution >= 0.6 is 0 Å². The van der Waals surface area contributed by atoms with Crippen LogP contribution in [-0.4, -0.2) is 35.1 Å². The lowest BCUT2D eigenvalue weighted by Gasteiger charge is -2.11. The SMILES string of the molecule is CCn1cc(S(=O)(=O)Nc2ccccc2C(=O)NC2CC2)c([N+](=O)[O-])n1. The van der Waals surface area contributed by atoms with Crippen molar-refractivity contribution in [3.63, 3.8) is 0 Å². The molecule has 1 heterocycles. The average Bonchev–Trinajstić information content (AvgIpc) is 3.28. The van der Waals surface area contributed by atoms with Gasteiger partial charge in [-0.3, -0.25) is 9.52 Å². The predicted octanol–water partition coefficient (Wildman–Crippen LogP) is 1.50. The monoisotopic (exact) mass is 379 g/mol. The van der Waals surface area contributed by atoms with Crippen LogP contribution in [0.25, 0.3) is 0 Å². The number of carbonyl (C=O) groups is 1. The molecule has 0 bridgehead atoms. The molecule has 10 nitrogen and oxygen atoms in total. The highest BCUT2D eigenvalue weighted by Crippen LogP contribution is 2.26. The molecule has 1 aliphatic rings. The zero-order valence-electron chi connectivity index (χ0n) is 13.9. The van der Waals surface area contributed by atoms with Crippen LogP contribution in [0.5, 0.6) is 0 Å². The molecule has 0 atom stereocenters. The number of aryl methyl sites for hydroxylation is 1. The molecule has 0 radical (unpaired) electrons. The van der Waals surface area contributed by atoms with Crippen molar-refractivity contribution < 1.29 is 18.1 Å². The Hall–Kier alpha value is -2.95. The molecule has 2 N–H and O–H groups in total. The molecule has 1 amide bonds. The Morgan fingerprint density at radius 1 is 1.38 bits per heavy atom. The van der Waals surface area contributed by atoms with Gasteiger partial charge < -0.3 is 15.4 Å². The Bertz CT molecular complexity index is 965. The Morgan fingerprint density at radius 3 is 2.69 bits per heavy atom. The van der Waals surface area contributed by atoms with Crippen LogP contribution in [0.1, 0.15) is 30.1 Å². The number of aromatic nitrogens is 2. The average molecular weight is 379 g/mol. The van der Waals surface area contributed by atoms with Gasteiger partial charge in [-0.25, -0.2) is 8.42 Å². The Morgan fingerprint density at radius 2 is 2.08 bits per heavy atom. The van der Waals surface area contributed by atoms with E-state index in [4.69, 9.17) is 0 Å². The smallest absolute Gasteiger partial charge is 0.358 e.